The third kappa shape index (κ3) is 4.84. The molecule has 25 heavy (non-hydrogen) atoms. The van der Waals surface area contributed by atoms with E-state index in [-0.39, 0.29) is 18.6 Å². The van der Waals surface area contributed by atoms with Gasteiger partial charge in [-0.15, -0.1) is 5.10 Å². The maximum atomic E-state index is 12.0. The first-order valence-electron chi connectivity index (χ1n) is 7.86. The van der Waals surface area contributed by atoms with Crippen molar-refractivity contribution >= 4 is 5.91 Å². The normalized spacial score (nSPS) is 11.7. The Bertz CT molecular complexity index is 790. The fraction of sp³-hybridized carbons (Fsp3) is 0.235. The number of amides is 1. The summed E-state index contributed by atoms with van der Waals surface area (Å²) in [5, 5.41) is 13.9. The third-order valence-electron chi connectivity index (χ3n) is 3.47. The van der Waals surface area contributed by atoms with E-state index >= 15 is 0 Å². The van der Waals surface area contributed by atoms with Crippen LogP contribution in [-0.4, -0.2) is 43.7 Å². The molecule has 0 saturated carbocycles. The quantitative estimate of drug-likeness (QED) is 0.695. The van der Waals surface area contributed by atoms with Gasteiger partial charge in [-0.25, -0.2) is 4.68 Å². The van der Waals surface area contributed by atoms with E-state index in [9.17, 15) is 4.79 Å². The molecule has 8 heteroatoms. The number of hydrogen-bond acceptors (Lipinski definition) is 6. The molecule has 0 bridgehead atoms. The van der Waals surface area contributed by atoms with Gasteiger partial charge in [-0.05, 0) is 53.7 Å². The van der Waals surface area contributed by atoms with E-state index in [4.69, 9.17) is 4.74 Å². The second-order valence-corrected chi connectivity index (χ2v) is 5.53. The van der Waals surface area contributed by atoms with Gasteiger partial charge in [-0.2, -0.15) is 0 Å². The van der Waals surface area contributed by atoms with Crippen LogP contribution in [0.15, 0.2) is 55.0 Å². The van der Waals surface area contributed by atoms with E-state index < -0.39 is 0 Å². The summed E-state index contributed by atoms with van der Waals surface area (Å²) >= 11 is 0. The highest BCUT2D eigenvalue weighted by molar-refractivity contribution is 5.77. The molecule has 0 fully saturated rings. The van der Waals surface area contributed by atoms with Crippen LogP contribution in [0.3, 0.4) is 0 Å². The molecular weight excluding hydrogens is 320 g/mol. The van der Waals surface area contributed by atoms with Gasteiger partial charge in [-0.3, -0.25) is 9.78 Å². The monoisotopic (exact) mass is 338 g/mol. The number of carbonyl (C=O) groups excluding carboxylic acids is 1. The highest BCUT2D eigenvalue weighted by Crippen LogP contribution is 2.14. The first-order valence-corrected chi connectivity index (χ1v) is 7.86. The molecule has 128 valence electrons. The minimum atomic E-state index is -0.173. The summed E-state index contributed by atoms with van der Waals surface area (Å²) in [6, 6.07) is 12.9. The van der Waals surface area contributed by atoms with Crippen molar-refractivity contribution in [3.05, 3.63) is 60.7 Å². The highest BCUT2D eigenvalue weighted by Gasteiger charge is 2.09. The third-order valence-corrected chi connectivity index (χ3v) is 3.47. The smallest absolute Gasteiger partial charge is 0.258 e. The molecule has 0 spiro atoms. The average molecular weight is 338 g/mol. The van der Waals surface area contributed by atoms with Gasteiger partial charge in [-0.1, -0.05) is 6.07 Å². The second kappa shape index (κ2) is 8.00. The van der Waals surface area contributed by atoms with Crippen molar-refractivity contribution in [2.75, 3.05) is 6.61 Å². The lowest BCUT2D eigenvalue weighted by molar-refractivity contribution is -0.123. The number of hydrogen-bond donors (Lipinski definition) is 1. The van der Waals surface area contributed by atoms with Crippen LogP contribution in [0, 0.1) is 0 Å². The molecule has 2 aromatic heterocycles. The van der Waals surface area contributed by atoms with Crippen molar-refractivity contribution in [2.24, 2.45) is 0 Å². The SMILES string of the molecule is CC(Cc1ccccn1)NC(=O)COc1ccc(-n2cnnn2)cc1. The molecule has 3 rings (SSSR count). The van der Waals surface area contributed by atoms with Gasteiger partial charge in [0, 0.05) is 24.4 Å². The largest absolute Gasteiger partial charge is 0.484 e. The fourth-order valence-electron chi connectivity index (χ4n) is 2.32. The van der Waals surface area contributed by atoms with Crippen molar-refractivity contribution in [1.82, 2.24) is 30.5 Å². The molecule has 0 aliphatic rings. The lowest BCUT2D eigenvalue weighted by Gasteiger charge is -2.14. The minimum absolute atomic E-state index is 0.0202. The lowest BCUT2D eigenvalue weighted by Crippen LogP contribution is -2.37. The van der Waals surface area contributed by atoms with Crippen LogP contribution in [0.1, 0.15) is 12.6 Å². The Labute approximate surface area is 144 Å². The van der Waals surface area contributed by atoms with Crippen LogP contribution >= 0.6 is 0 Å². The van der Waals surface area contributed by atoms with E-state index in [2.05, 4.69) is 25.8 Å². The number of benzene rings is 1. The molecular formula is C17H18N6O2. The zero-order valence-corrected chi connectivity index (χ0v) is 13.7. The molecule has 1 amide bonds. The van der Waals surface area contributed by atoms with Crippen LogP contribution in [0.4, 0.5) is 0 Å². The van der Waals surface area contributed by atoms with Crippen molar-refractivity contribution in [3.8, 4) is 11.4 Å². The van der Waals surface area contributed by atoms with E-state index in [1.54, 1.807) is 18.3 Å². The Balaban J connectivity index is 1.45. The van der Waals surface area contributed by atoms with E-state index in [1.807, 2.05) is 37.3 Å². The number of nitrogens with one attached hydrogen (secondary N) is 1. The average Bonchev–Trinajstić information content (AvgIpc) is 3.16. The van der Waals surface area contributed by atoms with Crippen LogP contribution in [0.5, 0.6) is 5.75 Å². The van der Waals surface area contributed by atoms with Crippen molar-refractivity contribution in [2.45, 2.75) is 19.4 Å². The second-order valence-electron chi connectivity index (χ2n) is 5.53. The molecule has 1 atom stereocenters. The molecule has 3 aromatic rings. The van der Waals surface area contributed by atoms with Gasteiger partial charge < -0.3 is 10.1 Å². The summed E-state index contributed by atoms with van der Waals surface area (Å²) in [5.74, 6) is 0.428. The Morgan fingerprint density at radius 3 is 2.76 bits per heavy atom. The van der Waals surface area contributed by atoms with Crippen LogP contribution in [-0.2, 0) is 11.2 Å². The molecule has 0 radical (unpaired) electrons. The Hall–Kier alpha value is -3.29. The number of pyridine rings is 1. The van der Waals surface area contributed by atoms with Gasteiger partial charge in [0.25, 0.3) is 5.91 Å². The molecule has 1 aromatic carbocycles. The maximum Gasteiger partial charge on any atom is 0.258 e. The van der Waals surface area contributed by atoms with E-state index in [1.165, 1.54) is 11.0 Å². The fourth-order valence-corrected chi connectivity index (χ4v) is 2.32. The Morgan fingerprint density at radius 1 is 1.24 bits per heavy atom. The van der Waals surface area contributed by atoms with Crippen molar-refractivity contribution < 1.29 is 9.53 Å². The minimum Gasteiger partial charge on any atom is -0.484 e. The summed E-state index contributed by atoms with van der Waals surface area (Å²) in [6.07, 6.45) is 3.92. The Morgan fingerprint density at radius 2 is 2.08 bits per heavy atom. The van der Waals surface area contributed by atoms with Gasteiger partial charge in [0.1, 0.15) is 12.1 Å². The number of tetrazole rings is 1. The van der Waals surface area contributed by atoms with E-state index in [0.717, 1.165) is 11.4 Å². The lowest BCUT2D eigenvalue weighted by atomic mass is 10.1. The molecule has 1 unspecified atom stereocenters. The number of aromatic nitrogens is 5. The van der Waals surface area contributed by atoms with Gasteiger partial charge in [0.15, 0.2) is 6.61 Å². The maximum absolute atomic E-state index is 12.0. The zero-order chi connectivity index (χ0) is 17.5. The number of nitrogens with zero attached hydrogens (tertiary/aromatic N) is 5. The number of rotatable bonds is 7. The standard InChI is InChI=1S/C17H18N6O2/c1-13(10-14-4-2-3-9-18-14)20-17(24)11-25-16-7-5-15(6-8-16)23-12-19-21-22-23/h2-9,12-13H,10-11H2,1H3,(H,20,24). The molecule has 1 N–H and O–H groups in total. The summed E-state index contributed by atoms with van der Waals surface area (Å²) in [4.78, 5) is 16.2. The number of ether oxygens (including phenoxy) is 1. The van der Waals surface area contributed by atoms with Crippen LogP contribution in [0.2, 0.25) is 0 Å². The Kier molecular flexibility index (Phi) is 5.30. The molecule has 0 saturated heterocycles. The summed E-state index contributed by atoms with van der Waals surface area (Å²) in [6.45, 7) is 1.89. The molecule has 2 heterocycles. The van der Waals surface area contributed by atoms with Crippen molar-refractivity contribution in [3.63, 3.8) is 0 Å². The number of carbonyl (C=O) groups is 1. The zero-order valence-electron chi connectivity index (χ0n) is 13.7. The predicted octanol–water partition coefficient (Wildman–Crippen LogP) is 1.18. The summed E-state index contributed by atoms with van der Waals surface area (Å²) in [5.41, 5.74) is 1.75. The van der Waals surface area contributed by atoms with Crippen LogP contribution < -0.4 is 10.1 Å². The first kappa shape index (κ1) is 16.6. The van der Waals surface area contributed by atoms with Gasteiger partial charge in [0.2, 0.25) is 0 Å². The van der Waals surface area contributed by atoms with Gasteiger partial charge in [0.05, 0.1) is 5.69 Å². The van der Waals surface area contributed by atoms with Gasteiger partial charge >= 0.3 is 0 Å². The first-order chi connectivity index (χ1) is 12.2. The van der Waals surface area contributed by atoms with Crippen LogP contribution in [0.25, 0.3) is 5.69 Å². The van der Waals surface area contributed by atoms with Crippen molar-refractivity contribution in [1.29, 1.82) is 0 Å². The molecule has 0 aliphatic carbocycles. The molecule has 0 aliphatic heterocycles. The summed E-state index contributed by atoms with van der Waals surface area (Å²) in [7, 11) is 0. The summed E-state index contributed by atoms with van der Waals surface area (Å²) < 4.78 is 7.04. The predicted molar refractivity (Wildman–Crippen MR) is 90.2 cm³/mol. The molecule has 8 nitrogen and oxygen atoms in total. The highest BCUT2D eigenvalue weighted by atomic mass is 16.5. The van der Waals surface area contributed by atoms with E-state index in [0.29, 0.717) is 12.2 Å². The topological polar surface area (TPSA) is 94.8 Å².